The molecule has 0 unspecified atom stereocenters. The van der Waals surface area contributed by atoms with Crippen LogP contribution in [0.3, 0.4) is 0 Å². The number of ether oxygens (including phenoxy) is 1. The molecule has 2 fully saturated rings. The summed E-state index contributed by atoms with van der Waals surface area (Å²) in [7, 11) is -3.70. The van der Waals surface area contributed by atoms with E-state index in [4.69, 9.17) is 4.74 Å². The summed E-state index contributed by atoms with van der Waals surface area (Å²) in [5, 5.41) is 8.14. The maximum absolute atomic E-state index is 13.1. The van der Waals surface area contributed by atoms with E-state index >= 15 is 0 Å². The number of benzene rings is 1. The molecular formula is C21H32N4O5S. The molecule has 1 saturated carbocycles. The van der Waals surface area contributed by atoms with Crippen molar-refractivity contribution in [2.45, 2.75) is 69.4 Å². The van der Waals surface area contributed by atoms with Crippen LogP contribution in [0.2, 0.25) is 0 Å². The average molecular weight is 453 g/mol. The zero-order chi connectivity index (χ0) is 22.4. The molecule has 0 spiro atoms. The number of sulfonamides is 1. The summed E-state index contributed by atoms with van der Waals surface area (Å²) in [4.78, 5) is 24.5. The molecule has 1 aromatic rings. The first-order valence-corrected chi connectivity index (χ1v) is 12.4. The van der Waals surface area contributed by atoms with E-state index in [0.717, 1.165) is 38.5 Å². The van der Waals surface area contributed by atoms with Crippen LogP contribution in [-0.4, -0.2) is 56.4 Å². The Morgan fingerprint density at radius 2 is 1.84 bits per heavy atom. The van der Waals surface area contributed by atoms with Gasteiger partial charge in [0, 0.05) is 24.8 Å². The summed E-state index contributed by atoms with van der Waals surface area (Å²) in [5.41, 5.74) is 0.458. The highest BCUT2D eigenvalue weighted by Gasteiger charge is 2.30. The summed E-state index contributed by atoms with van der Waals surface area (Å²) in [5.74, 6) is -0.207. The molecule has 0 radical (unpaired) electrons. The highest BCUT2D eigenvalue weighted by Crippen LogP contribution is 2.31. The molecule has 172 valence electrons. The fourth-order valence-corrected chi connectivity index (χ4v) is 5.64. The number of hydrogen-bond acceptors (Lipinski definition) is 6. The van der Waals surface area contributed by atoms with Crippen molar-refractivity contribution in [3.63, 3.8) is 0 Å². The molecule has 1 heterocycles. The Kier molecular flexibility index (Phi) is 7.77. The second kappa shape index (κ2) is 10.3. The Labute approximate surface area is 184 Å². The van der Waals surface area contributed by atoms with Gasteiger partial charge in [0.2, 0.25) is 15.9 Å². The average Bonchev–Trinajstić information content (AvgIpc) is 3.43. The maximum Gasteiger partial charge on any atom is 0.321 e. The van der Waals surface area contributed by atoms with Crippen molar-refractivity contribution in [1.29, 1.82) is 0 Å². The number of nitrogens with one attached hydrogen (secondary N) is 3. The minimum atomic E-state index is -3.70. The monoisotopic (exact) mass is 452 g/mol. The van der Waals surface area contributed by atoms with Gasteiger partial charge < -0.3 is 15.4 Å². The van der Waals surface area contributed by atoms with Gasteiger partial charge in [-0.3, -0.25) is 10.1 Å². The molecule has 1 aromatic carbocycles. The fraction of sp³-hybridized carbons (Fsp3) is 0.619. The normalized spacial score (nSPS) is 18.5. The lowest BCUT2D eigenvalue weighted by Crippen LogP contribution is -2.48. The van der Waals surface area contributed by atoms with Gasteiger partial charge in [0.15, 0.2) is 0 Å². The van der Waals surface area contributed by atoms with Gasteiger partial charge in [-0.05, 0) is 57.7 Å². The topological polar surface area (TPSA) is 117 Å². The highest BCUT2D eigenvalue weighted by atomic mass is 32.2. The molecule has 3 amide bonds. The van der Waals surface area contributed by atoms with Crippen LogP contribution < -0.4 is 20.7 Å². The first-order chi connectivity index (χ1) is 14.8. The van der Waals surface area contributed by atoms with E-state index in [1.54, 1.807) is 26.0 Å². The summed E-state index contributed by atoms with van der Waals surface area (Å²) in [6.07, 6.45) is 5.68. The Bertz CT molecular complexity index is 893. The molecule has 1 atom stereocenters. The van der Waals surface area contributed by atoms with Gasteiger partial charge in [0.25, 0.3) is 0 Å². The molecule has 1 saturated heterocycles. The lowest BCUT2D eigenvalue weighted by molar-refractivity contribution is -0.120. The standard InChI is InChI=1S/C21H32N4O5S/c1-3-30-18-11-10-17(14-19(18)31(28,29)25-12-6-7-13-25)22-15(2)20(26)24-21(27)23-16-8-4-5-9-16/h10-11,14-16,22H,3-9,12-13H2,1-2H3,(H2,23,24,26,27)/t15-/m0/s1. The van der Waals surface area contributed by atoms with E-state index in [1.165, 1.54) is 10.4 Å². The van der Waals surface area contributed by atoms with Crippen LogP contribution in [0.15, 0.2) is 23.1 Å². The highest BCUT2D eigenvalue weighted by molar-refractivity contribution is 7.89. The molecule has 0 aromatic heterocycles. The smallest absolute Gasteiger partial charge is 0.321 e. The van der Waals surface area contributed by atoms with Crippen molar-refractivity contribution in [1.82, 2.24) is 14.9 Å². The summed E-state index contributed by atoms with van der Waals surface area (Å²) >= 11 is 0. The fourth-order valence-electron chi connectivity index (χ4n) is 3.97. The van der Waals surface area contributed by atoms with Crippen LogP contribution in [-0.2, 0) is 14.8 Å². The molecule has 3 rings (SSSR count). The lowest BCUT2D eigenvalue weighted by atomic mass is 10.2. The SMILES string of the molecule is CCOc1ccc(N[C@@H](C)C(=O)NC(=O)NC2CCCC2)cc1S(=O)(=O)N1CCCC1. The van der Waals surface area contributed by atoms with Crippen LogP contribution in [0.25, 0.3) is 0 Å². The third-order valence-corrected chi connectivity index (χ3v) is 7.55. The van der Waals surface area contributed by atoms with Gasteiger partial charge >= 0.3 is 6.03 Å². The molecule has 10 heteroatoms. The van der Waals surface area contributed by atoms with Crippen LogP contribution in [0, 0.1) is 0 Å². The van der Waals surface area contributed by atoms with Gasteiger partial charge in [-0.25, -0.2) is 13.2 Å². The zero-order valence-corrected chi connectivity index (χ0v) is 19.0. The van der Waals surface area contributed by atoms with Crippen molar-refractivity contribution < 1.29 is 22.7 Å². The van der Waals surface area contributed by atoms with Crippen molar-refractivity contribution in [3.05, 3.63) is 18.2 Å². The van der Waals surface area contributed by atoms with Gasteiger partial charge in [0.1, 0.15) is 16.7 Å². The Balaban J connectivity index is 1.68. The molecule has 9 nitrogen and oxygen atoms in total. The summed E-state index contributed by atoms with van der Waals surface area (Å²) in [6.45, 7) is 4.72. The van der Waals surface area contributed by atoms with Crippen LogP contribution in [0.5, 0.6) is 5.75 Å². The third-order valence-electron chi connectivity index (χ3n) is 5.63. The number of carbonyl (C=O) groups excluding carboxylic acids is 2. The van der Waals surface area contributed by atoms with Crippen molar-refractivity contribution in [2.24, 2.45) is 0 Å². The van der Waals surface area contributed by atoms with Crippen molar-refractivity contribution in [3.8, 4) is 5.75 Å². The molecule has 1 aliphatic carbocycles. The number of anilines is 1. The van der Waals surface area contributed by atoms with Gasteiger partial charge in [0.05, 0.1) is 6.61 Å². The number of hydrogen-bond donors (Lipinski definition) is 3. The van der Waals surface area contributed by atoms with Gasteiger partial charge in [-0.2, -0.15) is 4.31 Å². The van der Waals surface area contributed by atoms with E-state index in [1.807, 2.05) is 0 Å². The minimum Gasteiger partial charge on any atom is -0.492 e. The number of nitrogens with zero attached hydrogens (tertiary/aromatic N) is 1. The molecule has 0 bridgehead atoms. The summed E-state index contributed by atoms with van der Waals surface area (Å²) in [6, 6.07) is 3.61. The molecule has 3 N–H and O–H groups in total. The molecule has 2 aliphatic rings. The van der Waals surface area contributed by atoms with E-state index in [-0.39, 0.29) is 16.7 Å². The number of urea groups is 1. The molecule has 1 aliphatic heterocycles. The van der Waals surface area contributed by atoms with E-state index in [0.29, 0.717) is 25.4 Å². The van der Waals surface area contributed by atoms with Gasteiger partial charge in [-0.15, -0.1) is 0 Å². The maximum atomic E-state index is 13.1. The summed E-state index contributed by atoms with van der Waals surface area (Å²) < 4.78 is 33.2. The third kappa shape index (κ3) is 5.88. The number of imide groups is 1. The number of amides is 3. The van der Waals surface area contributed by atoms with E-state index < -0.39 is 28.0 Å². The van der Waals surface area contributed by atoms with Crippen molar-refractivity contribution in [2.75, 3.05) is 25.0 Å². The van der Waals surface area contributed by atoms with Crippen LogP contribution in [0.4, 0.5) is 10.5 Å². The molecule has 31 heavy (non-hydrogen) atoms. The Hall–Kier alpha value is -2.33. The van der Waals surface area contributed by atoms with Gasteiger partial charge in [-0.1, -0.05) is 12.8 Å². The predicted molar refractivity (Wildman–Crippen MR) is 118 cm³/mol. The second-order valence-corrected chi connectivity index (χ2v) is 9.92. The largest absolute Gasteiger partial charge is 0.492 e. The lowest BCUT2D eigenvalue weighted by Gasteiger charge is -2.20. The van der Waals surface area contributed by atoms with Crippen LogP contribution in [0.1, 0.15) is 52.4 Å². The number of carbonyl (C=O) groups is 2. The first-order valence-electron chi connectivity index (χ1n) is 11.0. The second-order valence-electron chi connectivity index (χ2n) is 8.02. The number of rotatable bonds is 8. The zero-order valence-electron chi connectivity index (χ0n) is 18.1. The quantitative estimate of drug-likeness (QED) is 0.558. The Morgan fingerprint density at radius 1 is 1.16 bits per heavy atom. The first kappa shape index (κ1) is 23.3. The Morgan fingerprint density at radius 3 is 2.48 bits per heavy atom. The van der Waals surface area contributed by atoms with Crippen LogP contribution >= 0.6 is 0 Å². The van der Waals surface area contributed by atoms with Crippen molar-refractivity contribution >= 4 is 27.6 Å². The van der Waals surface area contributed by atoms with E-state index in [9.17, 15) is 18.0 Å². The minimum absolute atomic E-state index is 0.0767. The predicted octanol–water partition coefficient (Wildman–Crippen LogP) is 2.44. The van der Waals surface area contributed by atoms with E-state index in [2.05, 4.69) is 16.0 Å². The molecular weight excluding hydrogens is 420 g/mol.